The van der Waals surface area contributed by atoms with Gasteiger partial charge in [-0.25, -0.2) is 0 Å². The van der Waals surface area contributed by atoms with E-state index in [1.165, 1.54) is 16.8 Å². The van der Waals surface area contributed by atoms with Gasteiger partial charge in [-0.2, -0.15) is 0 Å². The summed E-state index contributed by atoms with van der Waals surface area (Å²) in [4.78, 5) is 2.44. The summed E-state index contributed by atoms with van der Waals surface area (Å²) in [6.07, 6.45) is 1.99. The number of nitrogens with zero attached hydrogens (tertiary/aromatic N) is 1. The number of nitrogens with one attached hydrogen (secondary N) is 1. The number of hydrogen-bond acceptors (Lipinski definition) is 3. The van der Waals surface area contributed by atoms with Gasteiger partial charge in [0.05, 0.1) is 6.61 Å². The number of anilines is 1. The highest BCUT2D eigenvalue weighted by Gasteiger charge is 2.32. The number of aryl methyl sites for hydroxylation is 2. The van der Waals surface area contributed by atoms with Gasteiger partial charge >= 0.3 is 0 Å². The quantitative estimate of drug-likeness (QED) is 0.857. The van der Waals surface area contributed by atoms with Crippen molar-refractivity contribution in [1.29, 1.82) is 0 Å². The third kappa shape index (κ3) is 2.52. The lowest BCUT2D eigenvalue weighted by molar-refractivity contribution is 0.142. The molecule has 0 saturated carbocycles. The van der Waals surface area contributed by atoms with Crippen LogP contribution in [0.15, 0.2) is 18.2 Å². The van der Waals surface area contributed by atoms with Gasteiger partial charge in [-0.15, -0.1) is 0 Å². The fourth-order valence-corrected chi connectivity index (χ4v) is 2.72. The number of piperidine rings is 1. The molecule has 2 N–H and O–H groups in total. The Morgan fingerprint density at radius 3 is 2.50 bits per heavy atom. The Bertz CT molecular complexity index is 403. The highest BCUT2D eigenvalue weighted by Crippen LogP contribution is 2.28. The van der Waals surface area contributed by atoms with Crippen molar-refractivity contribution in [3.8, 4) is 0 Å². The van der Waals surface area contributed by atoms with Crippen LogP contribution in [-0.2, 0) is 0 Å². The summed E-state index contributed by atoms with van der Waals surface area (Å²) in [5, 5.41) is 12.8. The first-order chi connectivity index (χ1) is 8.60. The molecule has 1 aromatic carbocycles. The standard InChI is InChI=1S/C15H24N2O/c1-12-4-5-13(2)14(10-12)17-8-6-15(11-18,16-3)7-9-17/h4-5,10,16,18H,6-9,11H2,1-3H3. The van der Waals surface area contributed by atoms with E-state index in [-0.39, 0.29) is 12.1 Å². The van der Waals surface area contributed by atoms with E-state index in [2.05, 4.69) is 42.3 Å². The predicted octanol–water partition coefficient (Wildman–Crippen LogP) is 1.85. The van der Waals surface area contributed by atoms with Crippen LogP contribution in [0.3, 0.4) is 0 Å². The zero-order valence-corrected chi connectivity index (χ0v) is 11.7. The molecule has 1 heterocycles. The van der Waals surface area contributed by atoms with Crippen LogP contribution in [0.1, 0.15) is 24.0 Å². The molecule has 100 valence electrons. The topological polar surface area (TPSA) is 35.5 Å². The van der Waals surface area contributed by atoms with Gasteiger partial charge in [-0.05, 0) is 50.9 Å². The predicted molar refractivity (Wildman–Crippen MR) is 76.2 cm³/mol. The molecule has 0 amide bonds. The molecule has 0 aromatic heterocycles. The summed E-state index contributed by atoms with van der Waals surface area (Å²) in [6.45, 7) is 6.54. The molecule has 1 aromatic rings. The molecule has 3 nitrogen and oxygen atoms in total. The second kappa shape index (κ2) is 5.29. The Labute approximate surface area is 110 Å². The van der Waals surface area contributed by atoms with E-state index in [1.54, 1.807) is 0 Å². The van der Waals surface area contributed by atoms with Crippen molar-refractivity contribution < 1.29 is 5.11 Å². The molecular formula is C15H24N2O. The maximum Gasteiger partial charge on any atom is 0.0614 e. The zero-order valence-electron chi connectivity index (χ0n) is 11.7. The molecule has 1 fully saturated rings. The van der Waals surface area contributed by atoms with Crippen LogP contribution in [0, 0.1) is 13.8 Å². The van der Waals surface area contributed by atoms with E-state index in [0.29, 0.717) is 0 Å². The number of benzene rings is 1. The molecule has 3 heteroatoms. The Balaban J connectivity index is 2.12. The van der Waals surface area contributed by atoms with Gasteiger partial charge in [0, 0.05) is 24.3 Å². The molecule has 1 aliphatic heterocycles. The van der Waals surface area contributed by atoms with Gasteiger partial charge in [0.1, 0.15) is 0 Å². The molecule has 0 aliphatic carbocycles. The van der Waals surface area contributed by atoms with Crippen molar-refractivity contribution in [1.82, 2.24) is 5.32 Å². The van der Waals surface area contributed by atoms with Crippen LogP contribution >= 0.6 is 0 Å². The van der Waals surface area contributed by atoms with Crippen molar-refractivity contribution in [2.24, 2.45) is 0 Å². The Morgan fingerprint density at radius 2 is 1.94 bits per heavy atom. The van der Waals surface area contributed by atoms with E-state index in [1.807, 2.05) is 7.05 Å². The van der Waals surface area contributed by atoms with Gasteiger partial charge < -0.3 is 15.3 Å². The van der Waals surface area contributed by atoms with E-state index in [4.69, 9.17) is 0 Å². The lowest BCUT2D eigenvalue weighted by Crippen LogP contribution is -2.54. The van der Waals surface area contributed by atoms with Crippen LogP contribution in [0.4, 0.5) is 5.69 Å². The summed E-state index contributed by atoms with van der Waals surface area (Å²) < 4.78 is 0. The summed E-state index contributed by atoms with van der Waals surface area (Å²) >= 11 is 0. The van der Waals surface area contributed by atoms with Gasteiger partial charge in [0.25, 0.3) is 0 Å². The average molecular weight is 248 g/mol. The highest BCUT2D eigenvalue weighted by atomic mass is 16.3. The number of hydrogen-bond donors (Lipinski definition) is 2. The molecule has 1 aliphatic rings. The smallest absolute Gasteiger partial charge is 0.0614 e. The number of likely N-dealkylation sites (N-methyl/N-ethyl adjacent to an activating group) is 1. The van der Waals surface area contributed by atoms with Gasteiger partial charge in [-0.3, -0.25) is 0 Å². The van der Waals surface area contributed by atoms with Crippen molar-refractivity contribution in [2.75, 3.05) is 31.6 Å². The largest absolute Gasteiger partial charge is 0.394 e. The second-order valence-corrected chi connectivity index (χ2v) is 5.47. The van der Waals surface area contributed by atoms with Crippen LogP contribution in [-0.4, -0.2) is 37.4 Å². The Morgan fingerprint density at radius 1 is 1.28 bits per heavy atom. The van der Waals surface area contributed by atoms with Crippen molar-refractivity contribution in [3.05, 3.63) is 29.3 Å². The fraction of sp³-hybridized carbons (Fsp3) is 0.600. The lowest BCUT2D eigenvalue weighted by Gasteiger charge is -2.42. The van der Waals surface area contributed by atoms with E-state index in [0.717, 1.165) is 25.9 Å². The highest BCUT2D eigenvalue weighted by molar-refractivity contribution is 5.55. The number of rotatable bonds is 3. The third-order valence-corrected chi connectivity index (χ3v) is 4.26. The second-order valence-electron chi connectivity index (χ2n) is 5.47. The van der Waals surface area contributed by atoms with Crippen LogP contribution < -0.4 is 10.2 Å². The van der Waals surface area contributed by atoms with Gasteiger partial charge in [0.15, 0.2) is 0 Å². The van der Waals surface area contributed by atoms with E-state index < -0.39 is 0 Å². The fourth-order valence-electron chi connectivity index (χ4n) is 2.72. The number of aliphatic hydroxyl groups excluding tert-OH is 1. The minimum Gasteiger partial charge on any atom is -0.394 e. The summed E-state index contributed by atoms with van der Waals surface area (Å²) in [5.41, 5.74) is 3.91. The Hall–Kier alpha value is -1.06. The Kier molecular flexibility index (Phi) is 3.93. The van der Waals surface area contributed by atoms with Crippen molar-refractivity contribution in [2.45, 2.75) is 32.2 Å². The minimum atomic E-state index is -0.0752. The molecular weight excluding hydrogens is 224 g/mol. The average Bonchev–Trinajstić information content (AvgIpc) is 2.42. The van der Waals surface area contributed by atoms with Crippen LogP contribution in [0.25, 0.3) is 0 Å². The summed E-state index contributed by atoms with van der Waals surface area (Å²) in [5.74, 6) is 0. The zero-order chi connectivity index (χ0) is 13.2. The van der Waals surface area contributed by atoms with E-state index in [9.17, 15) is 5.11 Å². The summed E-state index contributed by atoms with van der Waals surface area (Å²) in [7, 11) is 1.95. The van der Waals surface area contributed by atoms with Gasteiger partial charge in [-0.1, -0.05) is 12.1 Å². The first-order valence-electron chi connectivity index (χ1n) is 6.72. The van der Waals surface area contributed by atoms with Gasteiger partial charge in [0.2, 0.25) is 0 Å². The summed E-state index contributed by atoms with van der Waals surface area (Å²) in [6, 6.07) is 6.62. The first-order valence-corrected chi connectivity index (χ1v) is 6.72. The van der Waals surface area contributed by atoms with Crippen molar-refractivity contribution >= 4 is 5.69 Å². The minimum absolute atomic E-state index is 0.0752. The SMILES string of the molecule is CNC1(CO)CCN(c2cc(C)ccc2C)CC1. The molecule has 0 radical (unpaired) electrons. The molecule has 0 unspecified atom stereocenters. The maximum atomic E-state index is 9.52. The molecule has 0 spiro atoms. The molecule has 0 bridgehead atoms. The normalized spacial score (nSPS) is 19.0. The lowest BCUT2D eigenvalue weighted by atomic mass is 9.88. The molecule has 18 heavy (non-hydrogen) atoms. The molecule has 0 atom stereocenters. The maximum absolute atomic E-state index is 9.52. The monoisotopic (exact) mass is 248 g/mol. The molecule has 2 rings (SSSR count). The van der Waals surface area contributed by atoms with Crippen LogP contribution in [0.2, 0.25) is 0 Å². The number of aliphatic hydroxyl groups is 1. The van der Waals surface area contributed by atoms with Crippen LogP contribution in [0.5, 0.6) is 0 Å². The third-order valence-electron chi connectivity index (χ3n) is 4.26. The van der Waals surface area contributed by atoms with Crippen molar-refractivity contribution in [3.63, 3.8) is 0 Å². The van der Waals surface area contributed by atoms with E-state index >= 15 is 0 Å². The molecule has 1 saturated heterocycles. The first kappa shape index (κ1) is 13.4.